The second kappa shape index (κ2) is 12.3. The summed E-state index contributed by atoms with van der Waals surface area (Å²) in [7, 11) is 0. The highest BCUT2D eigenvalue weighted by molar-refractivity contribution is 6.31. The van der Waals surface area contributed by atoms with Crippen molar-refractivity contribution in [2.24, 2.45) is 0 Å². The van der Waals surface area contributed by atoms with Gasteiger partial charge in [0.15, 0.2) is 0 Å². The van der Waals surface area contributed by atoms with Crippen molar-refractivity contribution in [1.82, 2.24) is 0 Å². The van der Waals surface area contributed by atoms with Crippen LogP contribution < -0.4 is 16.0 Å². The van der Waals surface area contributed by atoms with E-state index in [-0.39, 0.29) is 22.0 Å². The third-order valence-corrected chi connectivity index (χ3v) is 5.97. The average Bonchev–Trinajstić information content (AvgIpc) is 2.76. The minimum Gasteiger partial charge on any atom is -0.380 e. The Labute approximate surface area is 232 Å². The van der Waals surface area contributed by atoms with E-state index in [0.29, 0.717) is 16.4 Å². The number of urea groups is 1. The van der Waals surface area contributed by atoms with Crippen LogP contribution in [0, 0.1) is 6.92 Å². The van der Waals surface area contributed by atoms with Crippen LogP contribution in [0.5, 0.6) is 0 Å². The van der Waals surface area contributed by atoms with Crippen LogP contribution in [-0.2, 0) is 11.6 Å². The number of rotatable bonds is 3. The summed E-state index contributed by atoms with van der Waals surface area (Å²) in [5.41, 5.74) is 3.02. The van der Waals surface area contributed by atoms with Crippen LogP contribution in [0.25, 0.3) is 0 Å². The summed E-state index contributed by atoms with van der Waals surface area (Å²) in [4.78, 5) is 12.0. The number of benzene rings is 3. The maximum atomic E-state index is 12.5. The fraction of sp³-hybridized carbons (Fsp3) is 0.345. The van der Waals surface area contributed by atoms with Crippen molar-refractivity contribution < 1.29 is 18.0 Å². The molecule has 0 aliphatic rings. The Balaban J connectivity index is 0.000000281. The number of aryl methyl sites for hydroxylation is 1. The highest BCUT2D eigenvalue weighted by Crippen LogP contribution is 2.36. The van der Waals surface area contributed by atoms with Crippen molar-refractivity contribution in [1.29, 1.82) is 0 Å². The number of hydrogen-bond donors (Lipinski definition) is 3. The lowest BCUT2D eigenvalue weighted by Crippen LogP contribution is -2.26. The number of nitrogens with one attached hydrogen (secondary N) is 3. The summed E-state index contributed by atoms with van der Waals surface area (Å²) < 4.78 is 37.6. The van der Waals surface area contributed by atoms with E-state index in [0.717, 1.165) is 17.3 Å². The number of amides is 2. The Hall–Kier alpha value is -2.90. The third kappa shape index (κ3) is 10.1. The first kappa shape index (κ1) is 31.3. The molecule has 0 spiro atoms. The van der Waals surface area contributed by atoms with Crippen molar-refractivity contribution in [3.8, 4) is 0 Å². The summed E-state index contributed by atoms with van der Waals surface area (Å²) in [6.07, 6.45) is -4.42. The molecule has 0 atom stereocenters. The van der Waals surface area contributed by atoms with Crippen LogP contribution in [0.2, 0.25) is 10.0 Å². The van der Waals surface area contributed by atoms with Crippen LogP contribution in [0.1, 0.15) is 58.2 Å². The average molecular weight is 569 g/mol. The lowest BCUT2D eigenvalue weighted by atomic mass is 9.87. The first-order chi connectivity index (χ1) is 17.3. The van der Waals surface area contributed by atoms with Gasteiger partial charge in [-0.05, 0) is 92.8 Å². The van der Waals surface area contributed by atoms with Gasteiger partial charge in [-0.3, -0.25) is 0 Å². The number of carbonyl (C=O) groups is 1. The molecule has 0 fully saturated rings. The third-order valence-electron chi connectivity index (χ3n) is 5.22. The smallest absolute Gasteiger partial charge is 0.380 e. The summed E-state index contributed by atoms with van der Waals surface area (Å²) in [5, 5.41) is 8.98. The molecule has 3 N–H and O–H groups in total. The van der Waals surface area contributed by atoms with Gasteiger partial charge in [-0.15, -0.1) is 0 Å². The minimum atomic E-state index is -4.42. The van der Waals surface area contributed by atoms with Crippen molar-refractivity contribution >= 4 is 46.3 Å². The summed E-state index contributed by atoms with van der Waals surface area (Å²) >= 11 is 11.5. The number of carbonyl (C=O) groups excluding carboxylic acids is 1. The lowest BCUT2D eigenvalue weighted by Gasteiger charge is -2.23. The van der Waals surface area contributed by atoms with Crippen molar-refractivity contribution in [3.05, 3.63) is 87.4 Å². The maximum absolute atomic E-state index is 12.5. The molecule has 9 heteroatoms. The molecule has 206 valence electrons. The van der Waals surface area contributed by atoms with Gasteiger partial charge in [0, 0.05) is 27.6 Å². The topological polar surface area (TPSA) is 53.2 Å². The number of hydrogen-bond acceptors (Lipinski definition) is 2. The molecule has 0 aromatic heterocycles. The summed E-state index contributed by atoms with van der Waals surface area (Å²) in [6, 6.07) is 16.8. The molecule has 0 saturated carbocycles. The Bertz CT molecular complexity index is 1250. The maximum Gasteiger partial charge on any atom is 0.417 e. The van der Waals surface area contributed by atoms with Gasteiger partial charge in [-0.25, -0.2) is 4.79 Å². The first-order valence-electron chi connectivity index (χ1n) is 11.9. The Morgan fingerprint density at radius 3 is 1.71 bits per heavy atom. The summed E-state index contributed by atoms with van der Waals surface area (Å²) in [6.45, 7) is 14.0. The van der Waals surface area contributed by atoms with Crippen LogP contribution >= 0.6 is 23.2 Å². The normalized spacial score (nSPS) is 11.8. The zero-order valence-electron chi connectivity index (χ0n) is 22.6. The molecule has 38 heavy (non-hydrogen) atoms. The Kier molecular flexibility index (Phi) is 10.1. The zero-order valence-corrected chi connectivity index (χ0v) is 24.1. The van der Waals surface area contributed by atoms with Crippen LogP contribution in [-0.4, -0.2) is 11.6 Å². The number of halogens is 5. The molecule has 0 unspecified atom stereocenters. The van der Waals surface area contributed by atoms with E-state index in [4.69, 9.17) is 23.2 Å². The van der Waals surface area contributed by atoms with E-state index in [9.17, 15) is 18.0 Å². The monoisotopic (exact) mass is 567 g/mol. The van der Waals surface area contributed by atoms with Gasteiger partial charge in [-0.1, -0.05) is 56.1 Å². The molecule has 0 aliphatic heterocycles. The van der Waals surface area contributed by atoms with Gasteiger partial charge in [0.2, 0.25) is 0 Å². The first-order valence-corrected chi connectivity index (χ1v) is 12.7. The van der Waals surface area contributed by atoms with Gasteiger partial charge in [-0.2, -0.15) is 13.2 Å². The molecule has 0 heterocycles. The molecule has 4 nitrogen and oxygen atoms in total. The van der Waals surface area contributed by atoms with Crippen molar-refractivity contribution in [2.45, 2.75) is 65.6 Å². The highest BCUT2D eigenvalue weighted by atomic mass is 35.5. The largest absolute Gasteiger partial charge is 0.417 e. The molecule has 0 bridgehead atoms. The molecular formula is C29H34Cl2F3N3O. The second-order valence-electron chi connectivity index (χ2n) is 10.9. The standard InChI is InChI=1S/C18H21ClN2O.C11H13ClF3N/c1-12-11-15(9-10-16(12)19)21-17(22)20-14-7-5-13(6-8-14)18(2,3)4;1-10(2,3)16-7-4-5-9(12)8(6-7)11(13,14)15/h5-11H,1-4H3,(H2,20,21,22);4-6,16H,1-3H3. The van der Waals surface area contributed by atoms with E-state index in [1.807, 2.05) is 58.0 Å². The van der Waals surface area contributed by atoms with Crippen molar-refractivity contribution in [2.75, 3.05) is 16.0 Å². The van der Waals surface area contributed by atoms with E-state index < -0.39 is 11.7 Å². The molecule has 3 rings (SSSR count). The Morgan fingerprint density at radius 1 is 0.711 bits per heavy atom. The summed E-state index contributed by atoms with van der Waals surface area (Å²) in [5.74, 6) is 0. The van der Waals surface area contributed by atoms with E-state index in [1.165, 1.54) is 17.7 Å². The molecule has 0 radical (unpaired) electrons. The fourth-order valence-corrected chi connectivity index (χ4v) is 3.66. The van der Waals surface area contributed by atoms with Crippen molar-refractivity contribution in [3.63, 3.8) is 0 Å². The van der Waals surface area contributed by atoms with Gasteiger partial charge in [0.05, 0.1) is 10.6 Å². The van der Waals surface area contributed by atoms with Crippen LogP contribution in [0.3, 0.4) is 0 Å². The predicted molar refractivity (Wildman–Crippen MR) is 154 cm³/mol. The van der Waals surface area contributed by atoms with Gasteiger partial charge in [0.1, 0.15) is 0 Å². The molecule has 2 amide bonds. The highest BCUT2D eigenvalue weighted by Gasteiger charge is 2.33. The fourth-order valence-electron chi connectivity index (χ4n) is 3.32. The van der Waals surface area contributed by atoms with E-state index in [1.54, 1.807) is 12.1 Å². The number of alkyl halides is 3. The minimum absolute atomic E-state index is 0.0988. The second-order valence-corrected chi connectivity index (χ2v) is 11.8. The van der Waals surface area contributed by atoms with Crippen LogP contribution in [0.15, 0.2) is 60.7 Å². The van der Waals surface area contributed by atoms with Gasteiger partial charge in [0.25, 0.3) is 0 Å². The van der Waals surface area contributed by atoms with E-state index in [2.05, 4.69) is 36.7 Å². The van der Waals surface area contributed by atoms with Gasteiger partial charge < -0.3 is 16.0 Å². The predicted octanol–water partition coefficient (Wildman–Crippen LogP) is 10.2. The van der Waals surface area contributed by atoms with Gasteiger partial charge >= 0.3 is 12.2 Å². The molecule has 3 aromatic carbocycles. The molecule has 0 aliphatic carbocycles. The zero-order chi connectivity index (χ0) is 28.9. The molecule has 0 saturated heterocycles. The Morgan fingerprint density at radius 2 is 1.21 bits per heavy atom. The van der Waals surface area contributed by atoms with Crippen LogP contribution in [0.4, 0.5) is 35.0 Å². The lowest BCUT2D eigenvalue weighted by molar-refractivity contribution is -0.137. The quantitative estimate of drug-likeness (QED) is 0.295. The number of anilines is 3. The van der Waals surface area contributed by atoms with E-state index >= 15 is 0 Å². The SMILES string of the molecule is CC(C)(C)Nc1ccc(Cl)c(C(F)(F)F)c1.Cc1cc(NC(=O)Nc2ccc(C(C)(C)C)cc2)ccc1Cl. The molecule has 3 aromatic rings. The molecular weight excluding hydrogens is 534 g/mol.